The van der Waals surface area contributed by atoms with Crippen LogP contribution in [0.5, 0.6) is 0 Å². The molecule has 7 heteroatoms. The van der Waals surface area contributed by atoms with E-state index in [1.165, 1.54) is 17.4 Å². The monoisotopic (exact) mass is 430 g/mol. The van der Waals surface area contributed by atoms with E-state index in [9.17, 15) is 9.18 Å². The van der Waals surface area contributed by atoms with Gasteiger partial charge in [0.05, 0.1) is 16.9 Å². The van der Waals surface area contributed by atoms with Crippen LogP contribution in [-0.4, -0.2) is 20.9 Å². The number of benzene rings is 2. The van der Waals surface area contributed by atoms with Gasteiger partial charge in [0.15, 0.2) is 5.13 Å². The molecule has 5 nitrogen and oxygen atoms in total. The number of carbonyl (C=O) groups excluding carboxylic acids is 1. The largest absolute Gasteiger partial charge is 0.353 e. The SMILES string of the molecule is O=C(CCCc1c(-c2ccc3ccccc3n2)[nH]c2ccc(F)cc12)Nc1nccs1. The summed E-state index contributed by atoms with van der Waals surface area (Å²) in [6, 6.07) is 16.7. The summed E-state index contributed by atoms with van der Waals surface area (Å²) in [6.45, 7) is 0. The lowest BCUT2D eigenvalue weighted by atomic mass is 10.0. The third-order valence-electron chi connectivity index (χ3n) is 5.23. The zero-order chi connectivity index (χ0) is 21.2. The predicted molar refractivity (Wildman–Crippen MR) is 123 cm³/mol. The number of hydrogen-bond acceptors (Lipinski definition) is 4. The molecule has 0 aliphatic rings. The van der Waals surface area contributed by atoms with E-state index in [0.29, 0.717) is 24.4 Å². The van der Waals surface area contributed by atoms with Crippen LogP contribution in [0.25, 0.3) is 33.2 Å². The van der Waals surface area contributed by atoms with Crippen LogP contribution >= 0.6 is 11.3 Å². The van der Waals surface area contributed by atoms with Crippen molar-refractivity contribution in [2.45, 2.75) is 19.3 Å². The maximum Gasteiger partial charge on any atom is 0.226 e. The molecule has 0 fully saturated rings. The number of H-pyrrole nitrogens is 1. The molecule has 0 saturated carbocycles. The van der Waals surface area contributed by atoms with E-state index < -0.39 is 0 Å². The fourth-order valence-corrected chi connectivity index (χ4v) is 4.34. The lowest BCUT2D eigenvalue weighted by Crippen LogP contribution is -2.11. The predicted octanol–water partition coefficient (Wildman–Crippen LogP) is 5.94. The summed E-state index contributed by atoms with van der Waals surface area (Å²) in [6.07, 6.45) is 3.26. The number of nitrogens with zero attached hydrogens (tertiary/aromatic N) is 2. The third kappa shape index (κ3) is 4.04. The average molecular weight is 431 g/mol. The van der Waals surface area contributed by atoms with Gasteiger partial charge in [-0.1, -0.05) is 24.3 Å². The molecule has 0 unspecified atom stereocenters. The molecular weight excluding hydrogens is 411 g/mol. The van der Waals surface area contributed by atoms with E-state index >= 15 is 0 Å². The number of halogens is 1. The number of fused-ring (bicyclic) bond motifs is 2. The molecule has 0 aliphatic carbocycles. The molecule has 5 rings (SSSR count). The minimum Gasteiger partial charge on any atom is -0.353 e. The van der Waals surface area contributed by atoms with Crippen LogP contribution in [0.3, 0.4) is 0 Å². The number of rotatable bonds is 6. The van der Waals surface area contributed by atoms with E-state index in [4.69, 9.17) is 4.98 Å². The first-order valence-electron chi connectivity index (χ1n) is 10.0. The number of thiazole rings is 1. The van der Waals surface area contributed by atoms with Gasteiger partial charge in [-0.05, 0) is 48.7 Å². The molecule has 2 N–H and O–H groups in total. The van der Waals surface area contributed by atoms with Gasteiger partial charge in [-0.15, -0.1) is 11.3 Å². The van der Waals surface area contributed by atoms with Gasteiger partial charge in [0.1, 0.15) is 5.82 Å². The molecule has 3 heterocycles. The number of amides is 1. The average Bonchev–Trinajstić information content (AvgIpc) is 3.41. The molecule has 0 radical (unpaired) electrons. The van der Waals surface area contributed by atoms with Crippen molar-refractivity contribution >= 4 is 44.2 Å². The van der Waals surface area contributed by atoms with Crippen molar-refractivity contribution < 1.29 is 9.18 Å². The lowest BCUT2D eigenvalue weighted by molar-refractivity contribution is -0.116. The number of nitrogens with one attached hydrogen (secondary N) is 2. The molecule has 0 spiro atoms. The van der Waals surface area contributed by atoms with Crippen LogP contribution in [0, 0.1) is 5.82 Å². The van der Waals surface area contributed by atoms with Crippen LogP contribution in [-0.2, 0) is 11.2 Å². The molecule has 2 aromatic carbocycles. The van der Waals surface area contributed by atoms with Crippen LogP contribution < -0.4 is 5.32 Å². The Hall–Kier alpha value is -3.58. The number of anilines is 1. The maximum absolute atomic E-state index is 14.0. The first kappa shape index (κ1) is 19.4. The Morgan fingerprint density at radius 3 is 2.90 bits per heavy atom. The van der Waals surface area contributed by atoms with Gasteiger partial charge >= 0.3 is 0 Å². The minimum atomic E-state index is -0.285. The highest BCUT2D eigenvalue weighted by Crippen LogP contribution is 2.32. The Morgan fingerprint density at radius 1 is 1.13 bits per heavy atom. The molecule has 5 aromatic rings. The molecule has 0 bridgehead atoms. The van der Waals surface area contributed by atoms with Crippen molar-refractivity contribution in [1.82, 2.24) is 15.0 Å². The van der Waals surface area contributed by atoms with E-state index in [2.05, 4.69) is 15.3 Å². The summed E-state index contributed by atoms with van der Waals surface area (Å²) in [5, 5.41) is 7.11. The van der Waals surface area contributed by atoms with Gasteiger partial charge in [0, 0.05) is 34.3 Å². The van der Waals surface area contributed by atoms with Crippen molar-refractivity contribution in [2.24, 2.45) is 0 Å². The van der Waals surface area contributed by atoms with Crippen molar-refractivity contribution in [3.8, 4) is 11.4 Å². The van der Waals surface area contributed by atoms with Crippen LogP contribution in [0.4, 0.5) is 9.52 Å². The lowest BCUT2D eigenvalue weighted by Gasteiger charge is -2.07. The van der Waals surface area contributed by atoms with E-state index in [-0.39, 0.29) is 11.7 Å². The quantitative estimate of drug-likeness (QED) is 0.350. The molecule has 0 saturated heterocycles. The number of hydrogen-bond donors (Lipinski definition) is 2. The van der Waals surface area contributed by atoms with Gasteiger partial charge in [0.25, 0.3) is 0 Å². The van der Waals surface area contributed by atoms with Gasteiger partial charge in [-0.2, -0.15) is 0 Å². The first-order chi connectivity index (χ1) is 15.2. The summed E-state index contributed by atoms with van der Waals surface area (Å²) < 4.78 is 14.0. The summed E-state index contributed by atoms with van der Waals surface area (Å²) in [4.78, 5) is 24.5. The van der Waals surface area contributed by atoms with Crippen molar-refractivity contribution in [3.63, 3.8) is 0 Å². The molecule has 1 amide bonds. The van der Waals surface area contributed by atoms with Gasteiger partial charge in [0.2, 0.25) is 5.91 Å². The fourth-order valence-electron chi connectivity index (χ4n) is 3.80. The number of carbonyl (C=O) groups is 1. The van der Waals surface area contributed by atoms with Crippen LogP contribution in [0.15, 0.2) is 66.2 Å². The van der Waals surface area contributed by atoms with Gasteiger partial charge in [-0.3, -0.25) is 4.79 Å². The second-order valence-corrected chi connectivity index (χ2v) is 8.19. The number of aromatic nitrogens is 3. The number of aryl methyl sites for hydroxylation is 1. The maximum atomic E-state index is 14.0. The normalized spacial score (nSPS) is 11.3. The van der Waals surface area contributed by atoms with E-state index in [0.717, 1.165) is 38.8 Å². The topological polar surface area (TPSA) is 70.7 Å². The highest BCUT2D eigenvalue weighted by atomic mass is 32.1. The number of aromatic amines is 1. The summed E-state index contributed by atoms with van der Waals surface area (Å²) in [5.41, 5.74) is 4.40. The molecule has 0 atom stereocenters. The van der Waals surface area contributed by atoms with Crippen molar-refractivity contribution in [2.75, 3.05) is 5.32 Å². The smallest absolute Gasteiger partial charge is 0.226 e. The molecule has 0 aliphatic heterocycles. The summed E-state index contributed by atoms with van der Waals surface area (Å²) in [7, 11) is 0. The zero-order valence-electron chi connectivity index (χ0n) is 16.6. The number of pyridine rings is 1. The van der Waals surface area contributed by atoms with Gasteiger partial charge in [-0.25, -0.2) is 14.4 Å². The van der Waals surface area contributed by atoms with E-state index in [1.807, 2.05) is 41.8 Å². The standard InChI is InChI=1S/C24H19FN4OS/c25-16-9-11-20-18(14-16)17(5-3-7-22(30)29-24-26-12-13-31-24)23(28-20)21-10-8-15-4-1-2-6-19(15)27-21/h1-2,4,6,8-14,28H,3,5,7H2,(H,26,29,30). The fraction of sp³-hybridized carbons (Fsp3) is 0.125. The molecule has 3 aromatic heterocycles. The van der Waals surface area contributed by atoms with Gasteiger partial charge < -0.3 is 10.3 Å². The van der Waals surface area contributed by atoms with Crippen LogP contribution in [0.1, 0.15) is 18.4 Å². The van der Waals surface area contributed by atoms with Crippen LogP contribution in [0.2, 0.25) is 0 Å². The Kier molecular flexibility index (Phi) is 5.18. The Bertz CT molecular complexity index is 1380. The highest BCUT2D eigenvalue weighted by molar-refractivity contribution is 7.13. The highest BCUT2D eigenvalue weighted by Gasteiger charge is 2.16. The summed E-state index contributed by atoms with van der Waals surface area (Å²) in [5.74, 6) is -0.362. The zero-order valence-corrected chi connectivity index (χ0v) is 17.4. The van der Waals surface area contributed by atoms with E-state index in [1.54, 1.807) is 18.3 Å². The minimum absolute atomic E-state index is 0.0775. The summed E-state index contributed by atoms with van der Waals surface area (Å²) >= 11 is 1.39. The first-order valence-corrected chi connectivity index (χ1v) is 10.9. The van der Waals surface area contributed by atoms with Crippen molar-refractivity contribution in [3.05, 3.63) is 77.6 Å². The second-order valence-electron chi connectivity index (χ2n) is 7.30. The third-order valence-corrected chi connectivity index (χ3v) is 5.92. The van der Waals surface area contributed by atoms with Crippen molar-refractivity contribution in [1.29, 1.82) is 0 Å². The Labute approximate surface area is 182 Å². The Morgan fingerprint density at radius 2 is 2.03 bits per heavy atom. The molecule has 31 heavy (non-hydrogen) atoms. The second kappa shape index (κ2) is 8.28. The molecule has 154 valence electrons. The Balaban J connectivity index is 1.45. The molecular formula is C24H19FN4OS. The number of para-hydroxylation sites is 1.